The van der Waals surface area contributed by atoms with Gasteiger partial charge in [0.25, 0.3) is 0 Å². The Balaban J connectivity index is 2.00. The SMILES string of the molecule is COC(=O)[C@H]1CCCCN1C1CCCOC1. The lowest BCUT2D eigenvalue weighted by Crippen LogP contribution is -2.52. The molecular weight excluding hydrogens is 206 g/mol. The Morgan fingerprint density at radius 2 is 2.19 bits per heavy atom. The van der Waals surface area contributed by atoms with Gasteiger partial charge in [-0.1, -0.05) is 6.42 Å². The summed E-state index contributed by atoms with van der Waals surface area (Å²) < 4.78 is 10.4. The number of hydrogen-bond donors (Lipinski definition) is 0. The summed E-state index contributed by atoms with van der Waals surface area (Å²) >= 11 is 0. The van der Waals surface area contributed by atoms with E-state index in [9.17, 15) is 4.79 Å². The van der Waals surface area contributed by atoms with Crippen molar-refractivity contribution in [1.29, 1.82) is 0 Å². The van der Waals surface area contributed by atoms with Crippen molar-refractivity contribution in [2.45, 2.75) is 44.2 Å². The van der Waals surface area contributed by atoms with Gasteiger partial charge < -0.3 is 9.47 Å². The van der Waals surface area contributed by atoms with Crippen LogP contribution in [0.15, 0.2) is 0 Å². The fraction of sp³-hybridized carbons (Fsp3) is 0.917. The highest BCUT2D eigenvalue weighted by Crippen LogP contribution is 2.24. The molecule has 16 heavy (non-hydrogen) atoms. The number of hydrogen-bond acceptors (Lipinski definition) is 4. The summed E-state index contributed by atoms with van der Waals surface area (Å²) in [7, 11) is 1.48. The lowest BCUT2D eigenvalue weighted by atomic mass is 9.97. The second-order valence-electron chi connectivity index (χ2n) is 4.64. The second-order valence-corrected chi connectivity index (χ2v) is 4.64. The Labute approximate surface area is 96.9 Å². The quantitative estimate of drug-likeness (QED) is 0.664. The Bertz CT molecular complexity index is 238. The van der Waals surface area contributed by atoms with Gasteiger partial charge >= 0.3 is 5.97 Å². The van der Waals surface area contributed by atoms with Crippen molar-refractivity contribution in [2.24, 2.45) is 0 Å². The van der Waals surface area contributed by atoms with Crippen LogP contribution >= 0.6 is 0 Å². The highest BCUT2D eigenvalue weighted by molar-refractivity contribution is 5.75. The number of esters is 1. The normalized spacial score (nSPS) is 32.3. The molecule has 2 rings (SSSR count). The summed E-state index contributed by atoms with van der Waals surface area (Å²) in [6.07, 6.45) is 5.50. The molecule has 2 atom stereocenters. The topological polar surface area (TPSA) is 38.8 Å². The van der Waals surface area contributed by atoms with Crippen molar-refractivity contribution in [3.63, 3.8) is 0 Å². The third kappa shape index (κ3) is 2.55. The minimum atomic E-state index is -0.0785. The number of carbonyl (C=O) groups is 1. The molecule has 1 unspecified atom stereocenters. The maximum atomic E-state index is 11.7. The molecule has 0 saturated carbocycles. The Kier molecular flexibility index (Phi) is 4.18. The summed E-state index contributed by atoms with van der Waals surface area (Å²) in [6, 6.07) is 0.378. The zero-order valence-corrected chi connectivity index (χ0v) is 9.98. The van der Waals surface area contributed by atoms with E-state index in [4.69, 9.17) is 9.47 Å². The summed E-state index contributed by atoms with van der Waals surface area (Å²) in [5.41, 5.74) is 0. The summed E-state index contributed by atoms with van der Waals surface area (Å²) in [5, 5.41) is 0. The monoisotopic (exact) mass is 227 g/mol. The van der Waals surface area contributed by atoms with Crippen molar-refractivity contribution in [2.75, 3.05) is 26.9 Å². The van der Waals surface area contributed by atoms with Crippen LogP contribution in [0.25, 0.3) is 0 Å². The van der Waals surface area contributed by atoms with E-state index in [0.717, 1.165) is 45.4 Å². The molecule has 2 heterocycles. The number of rotatable bonds is 2. The summed E-state index contributed by atoms with van der Waals surface area (Å²) in [5.74, 6) is -0.0785. The fourth-order valence-electron chi connectivity index (χ4n) is 2.77. The van der Waals surface area contributed by atoms with Gasteiger partial charge in [-0.2, -0.15) is 0 Å². The molecule has 0 bridgehead atoms. The minimum absolute atomic E-state index is 0.0366. The van der Waals surface area contributed by atoms with Gasteiger partial charge in [0, 0.05) is 12.6 Å². The van der Waals surface area contributed by atoms with Crippen LogP contribution in [0.4, 0.5) is 0 Å². The van der Waals surface area contributed by atoms with E-state index in [1.54, 1.807) is 0 Å². The standard InChI is InChI=1S/C12H21NO3/c1-15-12(14)11-6-2-3-7-13(11)10-5-4-8-16-9-10/h10-11H,2-9H2,1H3/t10?,11-/m1/s1. The van der Waals surface area contributed by atoms with E-state index in [1.807, 2.05) is 0 Å². The predicted molar refractivity (Wildman–Crippen MR) is 60.2 cm³/mol. The van der Waals surface area contributed by atoms with Crippen LogP contribution in [0.2, 0.25) is 0 Å². The lowest BCUT2D eigenvalue weighted by molar-refractivity contribution is -0.151. The molecular formula is C12H21NO3. The smallest absolute Gasteiger partial charge is 0.323 e. The first-order valence-electron chi connectivity index (χ1n) is 6.24. The summed E-state index contributed by atoms with van der Waals surface area (Å²) in [6.45, 7) is 2.65. The van der Waals surface area contributed by atoms with Gasteiger partial charge in [-0.25, -0.2) is 0 Å². The molecule has 4 heteroatoms. The van der Waals surface area contributed by atoms with E-state index >= 15 is 0 Å². The second kappa shape index (κ2) is 5.64. The maximum absolute atomic E-state index is 11.7. The number of carbonyl (C=O) groups excluding carboxylic acids is 1. The third-order valence-corrected chi connectivity index (χ3v) is 3.62. The van der Waals surface area contributed by atoms with Crippen molar-refractivity contribution < 1.29 is 14.3 Å². The first kappa shape index (κ1) is 11.9. The molecule has 2 aliphatic rings. The highest BCUT2D eigenvalue weighted by atomic mass is 16.5. The Hall–Kier alpha value is -0.610. The molecule has 2 fully saturated rings. The average Bonchev–Trinajstić information content (AvgIpc) is 2.39. The van der Waals surface area contributed by atoms with Crippen molar-refractivity contribution >= 4 is 5.97 Å². The Morgan fingerprint density at radius 3 is 2.88 bits per heavy atom. The van der Waals surface area contributed by atoms with E-state index in [1.165, 1.54) is 13.5 Å². The van der Waals surface area contributed by atoms with Crippen LogP contribution < -0.4 is 0 Å². The van der Waals surface area contributed by atoms with Crippen LogP contribution in [-0.2, 0) is 14.3 Å². The van der Waals surface area contributed by atoms with Crippen molar-refractivity contribution in [3.8, 4) is 0 Å². The molecule has 92 valence electrons. The van der Waals surface area contributed by atoms with Crippen LogP contribution in [-0.4, -0.2) is 49.8 Å². The van der Waals surface area contributed by atoms with E-state index in [2.05, 4.69) is 4.90 Å². The minimum Gasteiger partial charge on any atom is -0.468 e. The molecule has 0 aromatic rings. The van der Waals surface area contributed by atoms with Gasteiger partial charge in [0.1, 0.15) is 6.04 Å². The molecule has 0 amide bonds. The van der Waals surface area contributed by atoms with E-state index < -0.39 is 0 Å². The summed E-state index contributed by atoms with van der Waals surface area (Å²) in [4.78, 5) is 14.0. The number of likely N-dealkylation sites (tertiary alicyclic amines) is 1. The number of ether oxygens (including phenoxy) is 2. The maximum Gasteiger partial charge on any atom is 0.323 e. The average molecular weight is 227 g/mol. The van der Waals surface area contributed by atoms with E-state index in [0.29, 0.717) is 6.04 Å². The first-order valence-corrected chi connectivity index (χ1v) is 6.24. The molecule has 0 aromatic carbocycles. The lowest BCUT2D eigenvalue weighted by Gasteiger charge is -2.41. The van der Waals surface area contributed by atoms with Gasteiger partial charge in [-0.05, 0) is 32.2 Å². The molecule has 0 aliphatic carbocycles. The van der Waals surface area contributed by atoms with Crippen LogP contribution in [0.1, 0.15) is 32.1 Å². The molecule has 0 aromatic heterocycles. The number of piperidine rings is 1. The van der Waals surface area contributed by atoms with Crippen molar-refractivity contribution in [3.05, 3.63) is 0 Å². The Morgan fingerprint density at radius 1 is 1.31 bits per heavy atom. The van der Waals surface area contributed by atoms with Gasteiger partial charge in [-0.3, -0.25) is 9.69 Å². The van der Waals surface area contributed by atoms with Crippen LogP contribution in [0.5, 0.6) is 0 Å². The van der Waals surface area contributed by atoms with Gasteiger partial charge in [0.2, 0.25) is 0 Å². The van der Waals surface area contributed by atoms with E-state index in [-0.39, 0.29) is 12.0 Å². The predicted octanol–water partition coefficient (Wildman–Crippen LogP) is 1.19. The number of nitrogens with zero attached hydrogens (tertiary/aromatic N) is 1. The molecule has 0 N–H and O–H groups in total. The molecule has 0 spiro atoms. The fourth-order valence-corrected chi connectivity index (χ4v) is 2.77. The molecule has 2 saturated heterocycles. The van der Waals surface area contributed by atoms with Gasteiger partial charge in [-0.15, -0.1) is 0 Å². The highest BCUT2D eigenvalue weighted by Gasteiger charge is 2.34. The van der Waals surface area contributed by atoms with Crippen LogP contribution in [0, 0.1) is 0 Å². The largest absolute Gasteiger partial charge is 0.468 e. The molecule has 2 aliphatic heterocycles. The zero-order chi connectivity index (χ0) is 11.4. The van der Waals surface area contributed by atoms with Gasteiger partial charge in [0.15, 0.2) is 0 Å². The molecule has 0 radical (unpaired) electrons. The first-order chi connectivity index (χ1) is 7.83. The zero-order valence-electron chi connectivity index (χ0n) is 9.98. The van der Waals surface area contributed by atoms with Crippen molar-refractivity contribution in [1.82, 2.24) is 4.90 Å². The third-order valence-electron chi connectivity index (χ3n) is 3.62. The van der Waals surface area contributed by atoms with Gasteiger partial charge in [0.05, 0.1) is 13.7 Å². The number of methoxy groups -OCH3 is 1. The molecule has 4 nitrogen and oxygen atoms in total. The van der Waals surface area contributed by atoms with Crippen LogP contribution in [0.3, 0.4) is 0 Å².